The average Bonchev–Trinajstić information content (AvgIpc) is 2.49. The lowest BCUT2D eigenvalue weighted by Gasteiger charge is -2.32. The zero-order valence-corrected chi connectivity index (χ0v) is 14.7. The fourth-order valence-corrected chi connectivity index (χ4v) is 3.92. The van der Waals surface area contributed by atoms with Gasteiger partial charge in [0, 0.05) is 19.1 Å². The predicted octanol–water partition coefficient (Wildman–Crippen LogP) is 3.97. The maximum absolute atomic E-state index is 6.04. The van der Waals surface area contributed by atoms with E-state index < -0.39 is 0 Å². The molecular formula is C17H27BrN2O. The van der Waals surface area contributed by atoms with Crippen molar-refractivity contribution in [3.8, 4) is 5.75 Å². The van der Waals surface area contributed by atoms with Crippen LogP contribution in [0, 0.1) is 5.92 Å². The normalized spacial score (nSPS) is 18.0. The van der Waals surface area contributed by atoms with Gasteiger partial charge in [0.05, 0.1) is 11.6 Å². The van der Waals surface area contributed by atoms with Gasteiger partial charge in [-0.25, -0.2) is 0 Å². The van der Waals surface area contributed by atoms with Crippen molar-refractivity contribution in [2.24, 2.45) is 11.7 Å². The third-order valence-corrected chi connectivity index (χ3v) is 5.21. The first kappa shape index (κ1) is 16.8. The van der Waals surface area contributed by atoms with E-state index in [0.29, 0.717) is 6.54 Å². The standard InChI is InChI=1S/C17H27BrN2O/c1-20(12-13-6-4-3-5-7-13)16(11-19)14-8-9-17(21-2)15(18)10-14/h8-10,13,16H,3-7,11-12,19H2,1-2H3. The highest BCUT2D eigenvalue weighted by molar-refractivity contribution is 9.10. The Kier molecular flexibility index (Phi) is 6.52. The highest BCUT2D eigenvalue weighted by Crippen LogP contribution is 2.31. The smallest absolute Gasteiger partial charge is 0.133 e. The van der Waals surface area contributed by atoms with Crippen molar-refractivity contribution < 1.29 is 4.74 Å². The first-order chi connectivity index (χ1) is 10.2. The number of nitrogens with zero attached hydrogens (tertiary/aromatic N) is 1. The molecule has 1 aromatic carbocycles. The topological polar surface area (TPSA) is 38.5 Å². The van der Waals surface area contributed by atoms with E-state index in [2.05, 4.69) is 40.0 Å². The molecule has 1 aliphatic carbocycles. The molecule has 2 rings (SSSR count). The van der Waals surface area contributed by atoms with Gasteiger partial charge in [0.15, 0.2) is 0 Å². The molecule has 0 spiro atoms. The van der Waals surface area contributed by atoms with Gasteiger partial charge in [-0.2, -0.15) is 0 Å². The molecule has 1 saturated carbocycles. The van der Waals surface area contributed by atoms with E-state index >= 15 is 0 Å². The summed E-state index contributed by atoms with van der Waals surface area (Å²) in [4.78, 5) is 2.42. The van der Waals surface area contributed by atoms with Crippen LogP contribution in [0.3, 0.4) is 0 Å². The SMILES string of the molecule is COc1ccc(C(CN)N(C)CC2CCCCC2)cc1Br. The second-order valence-corrected chi connectivity index (χ2v) is 6.94. The number of likely N-dealkylation sites (N-methyl/N-ethyl adjacent to an activating group) is 1. The minimum absolute atomic E-state index is 0.272. The zero-order chi connectivity index (χ0) is 15.2. The molecule has 3 nitrogen and oxygen atoms in total. The summed E-state index contributed by atoms with van der Waals surface area (Å²) in [6.45, 7) is 1.79. The van der Waals surface area contributed by atoms with E-state index in [1.165, 1.54) is 37.7 Å². The molecule has 0 heterocycles. The molecule has 4 heteroatoms. The first-order valence-corrected chi connectivity index (χ1v) is 8.68. The van der Waals surface area contributed by atoms with Gasteiger partial charge in [-0.15, -0.1) is 0 Å². The Balaban J connectivity index is 2.05. The van der Waals surface area contributed by atoms with Crippen LogP contribution in [0.1, 0.15) is 43.7 Å². The highest BCUT2D eigenvalue weighted by atomic mass is 79.9. The van der Waals surface area contributed by atoms with Gasteiger partial charge in [0.2, 0.25) is 0 Å². The second kappa shape index (κ2) is 8.16. The van der Waals surface area contributed by atoms with Crippen molar-refractivity contribution in [1.82, 2.24) is 4.90 Å². The summed E-state index contributed by atoms with van der Waals surface area (Å²) in [6, 6.07) is 6.54. The number of rotatable bonds is 6. The molecular weight excluding hydrogens is 328 g/mol. The number of benzene rings is 1. The molecule has 1 fully saturated rings. The van der Waals surface area contributed by atoms with Crippen molar-refractivity contribution in [2.45, 2.75) is 38.1 Å². The number of hydrogen-bond acceptors (Lipinski definition) is 3. The van der Waals surface area contributed by atoms with Gasteiger partial charge in [-0.1, -0.05) is 25.3 Å². The minimum atomic E-state index is 0.272. The molecule has 0 amide bonds. The van der Waals surface area contributed by atoms with E-state index in [9.17, 15) is 0 Å². The van der Waals surface area contributed by atoms with Crippen LogP contribution < -0.4 is 10.5 Å². The molecule has 1 unspecified atom stereocenters. The van der Waals surface area contributed by atoms with Gasteiger partial charge >= 0.3 is 0 Å². The van der Waals surface area contributed by atoms with Crippen molar-refractivity contribution in [1.29, 1.82) is 0 Å². The Bertz CT molecular complexity index is 446. The van der Waals surface area contributed by atoms with Crippen LogP contribution in [-0.2, 0) is 0 Å². The van der Waals surface area contributed by atoms with E-state index in [0.717, 1.165) is 22.7 Å². The van der Waals surface area contributed by atoms with Crippen LogP contribution >= 0.6 is 15.9 Å². The molecule has 2 N–H and O–H groups in total. The predicted molar refractivity (Wildman–Crippen MR) is 91.7 cm³/mol. The fourth-order valence-electron chi connectivity index (χ4n) is 3.36. The molecule has 0 bridgehead atoms. The minimum Gasteiger partial charge on any atom is -0.496 e. The Morgan fingerprint density at radius 1 is 1.33 bits per heavy atom. The molecule has 118 valence electrons. The maximum atomic E-state index is 6.04. The first-order valence-electron chi connectivity index (χ1n) is 7.89. The molecule has 0 saturated heterocycles. The van der Waals surface area contributed by atoms with Gasteiger partial charge in [0.1, 0.15) is 5.75 Å². The summed E-state index contributed by atoms with van der Waals surface area (Å²) >= 11 is 3.57. The lowest BCUT2D eigenvalue weighted by molar-refractivity contribution is 0.185. The number of hydrogen-bond donors (Lipinski definition) is 1. The van der Waals surface area contributed by atoms with E-state index in [1.807, 2.05) is 6.07 Å². The molecule has 1 aliphatic rings. The monoisotopic (exact) mass is 354 g/mol. The zero-order valence-electron chi connectivity index (χ0n) is 13.1. The summed E-state index contributed by atoms with van der Waals surface area (Å²) < 4.78 is 6.30. The van der Waals surface area contributed by atoms with Crippen LogP contribution in [0.15, 0.2) is 22.7 Å². The summed E-state index contributed by atoms with van der Waals surface area (Å²) in [5, 5.41) is 0. The van der Waals surface area contributed by atoms with Crippen molar-refractivity contribution in [3.63, 3.8) is 0 Å². The highest BCUT2D eigenvalue weighted by Gasteiger charge is 2.21. The number of ether oxygens (including phenoxy) is 1. The Labute approximate surface area is 137 Å². The molecule has 0 aromatic heterocycles. The van der Waals surface area contributed by atoms with Crippen LogP contribution in [-0.4, -0.2) is 32.1 Å². The Hall–Kier alpha value is -0.580. The molecule has 1 aromatic rings. The summed E-state index contributed by atoms with van der Waals surface area (Å²) in [7, 11) is 3.89. The van der Waals surface area contributed by atoms with Crippen LogP contribution in [0.5, 0.6) is 5.75 Å². The van der Waals surface area contributed by atoms with Crippen LogP contribution in [0.4, 0.5) is 0 Å². The average molecular weight is 355 g/mol. The molecule has 21 heavy (non-hydrogen) atoms. The summed E-state index contributed by atoms with van der Waals surface area (Å²) in [5.74, 6) is 1.70. The van der Waals surface area contributed by atoms with E-state index in [1.54, 1.807) is 7.11 Å². The number of nitrogens with two attached hydrogens (primary N) is 1. The maximum Gasteiger partial charge on any atom is 0.133 e. The fraction of sp³-hybridized carbons (Fsp3) is 0.647. The number of halogens is 1. The van der Waals surface area contributed by atoms with Crippen molar-refractivity contribution >= 4 is 15.9 Å². The van der Waals surface area contributed by atoms with Crippen LogP contribution in [0.2, 0.25) is 0 Å². The lowest BCUT2D eigenvalue weighted by atomic mass is 9.88. The van der Waals surface area contributed by atoms with E-state index in [-0.39, 0.29) is 6.04 Å². The number of methoxy groups -OCH3 is 1. The van der Waals surface area contributed by atoms with Gasteiger partial charge in [0.25, 0.3) is 0 Å². The summed E-state index contributed by atoms with van der Waals surface area (Å²) in [5.41, 5.74) is 7.30. The Morgan fingerprint density at radius 3 is 2.62 bits per heavy atom. The van der Waals surface area contributed by atoms with Gasteiger partial charge < -0.3 is 10.5 Å². The van der Waals surface area contributed by atoms with Crippen LogP contribution in [0.25, 0.3) is 0 Å². The molecule has 0 aliphatic heterocycles. The third-order valence-electron chi connectivity index (χ3n) is 4.59. The molecule has 1 atom stereocenters. The van der Waals surface area contributed by atoms with E-state index in [4.69, 9.17) is 10.5 Å². The van der Waals surface area contributed by atoms with Gasteiger partial charge in [-0.05, 0) is 59.4 Å². The largest absolute Gasteiger partial charge is 0.496 e. The van der Waals surface area contributed by atoms with Crippen molar-refractivity contribution in [2.75, 3.05) is 27.2 Å². The third kappa shape index (κ3) is 4.44. The summed E-state index contributed by atoms with van der Waals surface area (Å²) in [6.07, 6.45) is 6.92. The lowest BCUT2D eigenvalue weighted by Crippen LogP contribution is -2.34. The van der Waals surface area contributed by atoms with Gasteiger partial charge in [-0.3, -0.25) is 4.90 Å². The molecule has 0 radical (unpaired) electrons. The van der Waals surface area contributed by atoms with Crippen molar-refractivity contribution in [3.05, 3.63) is 28.2 Å². The quantitative estimate of drug-likeness (QED) is 0.839. The second-order valence-electron chi connectivity index (χ2n) is 6.09. The Morgan fingerprint density at radius 2 is 2.05 bits per heavy atom.